The lowest BCUT2D eigenvalue weighted by molar-refractivity contribution is 0.290. The molecule has 0 radical (unpaired) electrons. The van der Waals surface area contributed by atoms with Gasteiger partial charge >= 0.3 is 0 Å². The fourth-order valence-corrected chi connectivity index (χ4v) is 2.74. The van der Waals surface area contributed by atoms with Gasteiger partial charge in [0.25, 0.3) is 5.56 Å². The van der Waals surface area contributed by atoms with Crippen LogP contribution in [0.15, 0.2) is 46.1 Å². The van der Waals surface area contributed by atoms with Gasteiger partial charge in [0.1, 0.15) is 28.3 Å². The van der Waals surface area contributed by atoms with E-state index in [9.17, 15) is 13.6 Å². The monoisotopic (exact) mass is 423 g/mol. The molecule has 26 heavy (non-hydrogen) atoms. The second kappa shape index (κ2) is 7.33. The molecule has 0 aliphatic rings. The molecule has 0 saturated heterocycles. The third-order valence-corrected chi connectivity index (χ3v) is 4.33. The van der Waals surface area contributed by atoms with E-state index < -0.39 is 29.4 Å². The van der Waals surface area contributed by atoms with Crippen LogP contribution in [-0.2, 0) is 6.56 Å². The van der Waals surface area contributed by atoms with Crippen LogP contribution in [0.3, 0.4) is 0 Å². The quantitative estimate of drug-likeness (QED) is 0.639. The third-order valence-electron chi connectivity index (χ3n) is 3.60. The molecule has 0 aromatic carbocycles. The Morgan fingerprint density at radius 1 is 1.31 bits per heavy atom. The summed E-state index contributed by atoms with van der Waals surface area (Å²) in [7, 11) is 0. The number of hydrogen-bond acceptors (Lipinski definition) is 4. The first-order valence-electron chi connectivity index (χ1n) is 8.45. The topological polar surface area (TPSA) is 57.0 Å². The average Bonchev–Trinajstić information content (AvgIpc) is 2.60. The van der Waals surface area contributed by atoms with Crippen molar-refractivity contribution < 1.29 is 16.3 Å². The normalized spacial score (nSPS) is 12.5. The molecule has 0 bridgehead atoms. The van der Waals surface area contributed by atoms with Gasteiger partial charge in [0.05, 0.1) is 14.6 Å². The first-order chi connectivity index (χ1) is 13.1. The van der Waals surface area contributed by atoms with E-state index >= 15 is 0 Å². The summed E-state index contributed by atoms with van der Waals surface area (Å²) in [6, 6.07) is 3.62. The summed E-state index contributed by atoms with van der Waals surface area (Å²) in [5.41, 5.74) is 0.612. The molecule has 0 unspecified atom stereocenters. The third kappa shape index (κ3) is 3.50. The summed E-state index contributed by atoms with van der Waals surface area (Å²) in [5.74, 6) is -2.27. The highest BCUT2D eigenvalue weighted by molar-refractivity contribution is 9.10. The number of hydrogen-bond donors (Lipinski definition) is 0. The molecule has 8 heteroatoms. The van der Waals surface area contributed by atoms with Crippen molar-refractivity contribution in [3.63, 3.8) is 0 Å². The smallest absolute Gasteiger partial charge is 0.273 e. The molecule has 0 spiro atoms. The average molecular weight is 424 g/mol. The molecule has 3 rings (SSSR count). The highest BCUT2D eigenvalue weighted by atomic mass is 79.9. The number of pyridine rings is 3. The van der Waals surface area contributed by atoms with E-state index in [0.717, 1.165) is 5.56 Å². The fourth-order valence-electron chi connectivity index (χ4n) is 2.36. The van der Waals surface area contributed by atoms with E-state index in [1.807, 2.05) is 0 Å². The Morgan fingerprint density at radius 3 is 2.77 bits per heavy atom. The Kier molecular flexibility index (Phi) is 4.40. The largest absolute Gasteiger partial charge is 0.486 e. The molecule has 0 N–H and O–H groups in total. The van der Waals surface area contributed by atoms with E-state index in [4.69, 9.17) is 7.48 Å². The van der Waals surface area contributed by atoms with Gasteiger partial charge in [-0.05, 0) is 41.4 Å². The van der Waals surface area contributed by atoms with Crippen LogP contribution in [0.25, 0.3) is 5.69 Å². The van der Waals surface area contributed by atoms with Crippen LogP contribution in [0.2, 0.25) is 0 Å². The van der Waals surface area contributed by atoms with E-state index in [1.54, 1.807) is 32.3 Å². The van der Waals surface area contributed by atoms with Gasteiger partial charge in [-0.3, -0.25) is 19.3 Å². The molecule has 0 amide bonds. The zero-order chi connectivity index (χ0) is 20.6. The molecule has 0 fully saturated rings. The van der Waals surface area contributed by atoms with Crippen LogP contribution in [0.1, 0.15) is 19.7 Å². The SMILES string of the molecule is [2H]C([2H])(Oc1cc(C)n(-c2ccncc2C)c(=O)c1Br)c1ncc(F)cc1F. The van der Waals surface area contributed by atoms with Gasteiger partial charge in [0, 0.05) is 30.2 Å². The molecule has 5 nitrogen and oxygen atoms in total. The van der Waals surface area contributed by atoms with Gasteiger partial charge in [-0.15, -0.1) is 0 Å². The van der Waals surface area contributed by atoms with Crippen molar-refractivity contribution in [2.45, 2.75) is 20.4 Å². The predicted octanol–water partition coefficient (Wildman–Crippen LogP) is 3.86. The minimum absolute atomic E-state index is 0.0549. The maximum Gasteiger partial charge on any atom is 0.273 e. The van der Waals surface area contributed by atoms with Crippen molar-refractivity contribution in [1.29, 1.82) is 0 Å². The van der Waals surface area contributed by atoms with Crippen LogP contribution >= 0.6 is 15.9 Å². The lowest BCUT2D eigenvalue weighted by Crippen LogP contribution is -2.23. The standard InChI is InChI=1S/C18H14BrF2N3O2/c1-10-7-22-4-3-15(10)24-11(2)5-16(17(19)18(24)25)26-9-14-13(21)6-12(20)8-23-14/h3-8H,9H2,1-2H3/i9D2. The first-order valence-corrected chi connectivity index (χ1v) is 8.25. The van der Waals surface area contributed by atoms with E-state index in [-0.39, 0.29) is 10.2 Å². The Balaban J connectivity index is 2.07. The van der Waals surface area contributed by atoms with Crippen LogP contribution in [-0.4, -0.2) is 14.5 Å². The molecular formula is C18H14BrF2N3O2. The van der Waals surface area contributed by atoms with Crippen molar-refractivity contribution in [2.24, 2.45) is 0 Å². The molecule has 3 aromatic heterocycles. The van der Waals surface area contributed by atoms with Crippen molar-refractivity contribution in [1.82, 2.24) is 14.5 Å². The lowest BCUT2D eigenvalue weighted by Gasteiger charge is -2.15. The number of aromatic nitrogens is 3. The van der Waals surface area contributed by atoms with Gasteiger partial charge in [-0.25, -0.2) is 8.78 Å². The zero-order valence-corrected chi connectivity index (χ0v) is 15.3. The summed E-state index contributed by atoms with van der Waals surface area (Å²) in [6.45, 7) is 0.707. The van der Waals surface area contributed by atoms with Gasteiger partial charge in [-0.2, -0.15) is 0 Å². The Hall–Kier alpha value is -2.61. The molecule has 3 heterocycles. The van der Waals surface area contributed by atoms with Crippen molar-refractivity contribution in [3.8, 4) is 11.4 Å². The maximum atomic E-state index is 13.9. The summed E-state index contributed by atoms with van der Waals surface area (Å²) in [4.78, 5) is 20.3. The molecular weight excluding hydrogens is 408 g/mol. The highest BCUT2D eigenvalue weighted by Gasteiger charge is 2.15. The number of halogens is 3. The van der Waals surface area contributed by atoms with Crippen molar-refractivity contribution in [3.05, 3.63) is 80.2 Å². The number of ether oxygens (including phenoxy) is 1. The summed E-state index contributed by atoms with van der Waals surface area (Å²) >= 11 is 3.13. The molecule has 0 saturated carbocycles. The summed E-state index contributed by atoms with van der Waals surface area (Å²) in [6.07, 6.45) is 3.85. The second-order valence-corrected chi connectivity index (χ2v) is 6.25. The van der Waals surface area contributed by atoms with Gasteiger partial charge in [0.15, 0.2) is 5.82 Å². The van der Waals surface area contributed by atoms with Crippen molar-refractivity contribution >= 4 is 15.9 Å². The molecule has 134 valence electrons. The predicted molar refractivity (Wildman–Crippen MR) is 95.5 cm³/mol. The van der Waals surface area contributed by atoms with E-state index in [2.05, 4.69) is 25.9 Å². The van der Waals surface area contributed by atoms with E-state index in [1.165, 1.54) is 10.6 Å². The van der Waals surface area contributed by atoms with Gasteiger partial charge < -0.3 is 4.74 Å². The molecule has 3 aromatic rings. The fraction of sp³-hybridized carbons (Fsp3) is 0.167. The Bertz CT molecular complexity index is 1120. The van der Waals surface area contributed by atoms with Gasteiger partial charge in [0.2, 0.25) is 0 Å². The van der Waals surface area contributed by atoms with Crippen LogP contribution in [0.4, 0.5) is 8.78 Å². The van der Waals surface area contributed by atoms with Crippen molar-refractivity contribution in [2.75, 3.05) is 0 Å². The first kappa shape index (κ1) is 15.6. The van der Waals surface area contributed by atoms with Crippen LogP contribution in [0.5, 0.6) is 5.75 Å². The summed E-state index contributed by atoms with van der Waals surface area (Å²) < 4.78 is 49.6. The van der Waals surface area contributed by atoms with Crippen LogP contribution in [0, 0.1) is 25.5 Å². The number of rotatable bonds is 4. The minimum Gasteiger partial charge on any atom is -0.486 e. The van der Waals surface area contributed by atoms with E-state index in [0.29, 0.717) is 23.6 Å². The number of aryl methyl sites for hydroxylation is 2. The second-order valence-electron chi connectivity index (χ2n) is 5.45. The lowest BCUT2D eigenvalue weighted by atomic mass is 10.2. The Labute approximate surface area is 159 Å². The van der Waals surface area contributed by atoms with Gasteiger partial charge in [-0.1, -0.05) is 0 Å². The maximum absolute atomic E-state index is 13.9. The zero-order valence-electron chi connectivity index (χ0n) is 15.8. The van der Waals surface area contributed by atoms with Crippen LogP contribution < -0.4 is 10.3 Å². The minimum atomic E-state index is -2.74. The molecule has 0 atom stereocenters. The Morgan fingerprint density at radius 2 is 2.08 bits per heavy atom. The summed E-state index contributed by atoms with van der Waals surface area (Å²) in [5, 5.41) is 0. The molecule has 0 aliphatic heterocycles. The highest BCUT2D eigenvalue weighted by Crippen LogP contribution is 2.25. The molecule has 0 aliphatic carbocycles. The number of nitrogens with zero attached hydrogens (tertiary/aromatic N) is 3.